The van der Waals surface area contributed by atoms with Gasteiger partial charge in [0.05, 0.1) is 37.6 Å². The number of benzene rings is 5. The largest absolute Gasteiger partial charge is 0.504 e. The molecule has 0 radical (unpaired) electrons. The molecule has 13 rings (SSSR count). The van der Waals surface area contributed by atoms with Gasteiger partial charge in [0, 0.05) is 64.9 Å². The van der Waals surface area contributed by atoms with Crippen LogP contribution >= 0.6 is 23.5 Å². The molecule has 418 valence electrons. The number of aryl methyl sites for hydroxylation is 1. The smallest absolute Gasteiger partial charge is 0.408 e. The van der Waals surface area contributed by atoms with Crippen molar-refractivity contribution < 1.29 is 67.3 Å². The molecular formula is C60H62N4O14S2. The summed E-state index contributed by atoms with van der Waals surface area (Å²) in [6.07, 6.45) is 0.331. The summed E-state index contributed by atoms with van der Waals surface area (Å²) in [6, 6.07) is 18.3. The van der Waals surface area contributed by atoms with Crippen molar-refractivity contribution in [2.45, 2.75) is 86.8 Å². The van der Waals surface area contributed by atoms with E-state index in [4.69, 9.17) is 37.9 Å². The zero-order valence-corrected chi connectivity index (χ0v) is 46.8. The number of aromatic hydroxyl groups is 1. The molecule has 4 N–H and O–H groups in total. The Morgan fingerprint density at radius 2 is 1.69 bits per heavy atom. The number of aliphatic hydroxyl groups excluding tert-OH is 1. The van der Waals surface area contributed by atoms with Gasteiger partial charge in [-0.1, -0.05) is 67.3 Å². The molecule has 7 heterocycles. The van der Waals surface area contributed by atoms with E-state index in [9.17, 15) is 24.6 Å². The molecular weight excluding hydrogens is 1060 g/mol. The van der Waals surface area contributed by atoms with Crippen LogP contribution in [0.4, 0.5) is 4.79 Å². The number of phenolic OH excluding ortho intramolecular Hbond substituents is 1. The number of fused-ring (bicyclic) bond motifs is 12. The lowest BCUT2D eigenvalue weighted by Gasteiger charge is -2.62. The van der Waals surface area contributed by atoms with E-state index in [1.165, 1.54) is 73.0 Å². The highest BCUT2D eigenvalue weighted by atomic mass is 32.2. The van der Waals surface area contributed by atoms with Gasteiger partial charge in [0.25, 0.3) is 0 Å². The molecule has 80 heavy (non-hydrogen) atoms. The Kier molecular flexibility index (Phi) is 14.2. The van der Waals surface area contributed by atoms with Gasteiger partial charge in [-0.2, -0.15) is 11.8 Å². The predicted molar refractivity (Wildman–Crippen MR) is 298 cm³/mol. The first-order valence-electron chi connectivity index (χ1n) is 26.7. The Hall–Kier alpha value is -6.94. The van der Waals surface area contributed by atoms with Crippen molar-refractivity contribution >= 4 is 47.5 Å². The maximum atomic E-state index is 15.4. The van der Waals surface area contributed by atoms with E-state index in [2.05, 4.69) is 46.4 Å². The van der Waals surface area contributed by atoms with Crippen LogP contribution in [-0.4, -0.2) is 133 Å². The number of nitrogens with one attached hydrogen (secondary N) is 2. The number of ether oxygens (including phenoxy) is 8. The van der Waals surface area contributed by atoms with Crippen molar-refractivity contribution in [2.24, 2.45) is 0 Å². The highest BCUT2D eigenvalue weighted by Crippen LogP contribution is 2.65. The van der Waals surface area contributed by atoms with Crippen molar-refractivity contribution in [1.82, 2.24) is 20.4 Å². The van der Waals surface area contributed by atoms with Crippen molar-refractivity contribution in [1.29, 1.82) is 0 Å². The number of likely N-dealkylation sites (N-methyl/N-ethyl adjacent to an activating group) is 1. The zero-order chi connectivity index (χ0) is 55.9. The van der Waals surface area contributed by atoms with E-state index < -0.39 is 71.2 Å². The molecule has 20 heteroatoms. The van der Waals surface area contributed by atoms with Crippen LogP contribution in [0.5, 0.6) is 40.2 Å². The van der Waals surface area contributed by atoms with Gasteiger partial charge in [0.1, 0.15) is 31.2 Å². The number of aliphatic hydroxyl groups is 1. The monoisotopic (exact) mass is 1130 g/mol. The molecule has 2 saturated heterocycles. The van der Waals surface area contributed by atoms with E-state index in [0.717, 1.165) is 11.1 Å². The third kappa shape index (κ3) is 8.63. The summed E-state index contributed by atoms with van der Waals surface area (Å²) < 4.78 is 48.4. The van der Waals surface area contributed by atoms with Crippen LogP contribution in [-0.2, 0) is 42.2 Å². The number of alkyl carbamates (subject to hydrolysis) is 1. The minimum Gasteiger partial charge on any atom is -0.504 e. The average Bonchev–Trinajstić information content (AvgIpc) is 4.20. The van der Waals surface area contributed by atoms with Crippen LogP contribution in [0.1, 0.15) is 85.8 Å². The summed E-state index contributed by atoms with van der Waals surface area (Å²) in [5.74, 6) is 0.620. The van der Waals surface area contributed by atoms with E-state index in [1.54, 1.807) is 12.1 Å². The standard InChI is InChI=1S/C60H62N4O14S2/c1-8-19-73-59(70)62-40(26-79-25-38-36-15-11-9-13-34(36)35-14-10-12-16-37(35)38)57(68)78-44-22-32-17-18-61-60(39(32)23-43(44)71-6)27-80-55-47-46(54-53(75-28-76-54)30(3)52(47)77-31(4)65)42(24-74-58(60)69)64-49(55)48-45-33(21-41(56(64)67)63(48)5)20-29(2)51(72-7)50(45)66/h8-16,20,22-23,38,40-42,48-49,55-56,61,66-67H,1,17-19,21,24-28H2,2-7H3,(H,62,70)/t40?,41-,42-,48+,49?,55+,56-,60+/m0/s1. The maximum absolute atomic E-state index is 15.4. The van der Waals surface area contributed by atoms with Crippen LogP contribution < -0.4 is 39.1 Å². The average molecular weight is 1130 g/mol. The number of piperazine rings is 1. The Labute approximate surface area is 471 Å². The fraction of sp³-hybridized carbons (Fsp3) is 0.400. The molecule has 2 fully saturated rings. The summed E-state index contributed by atoms with van der Waals surface area (Å²) in [5.41, 5.74) is 8.44. The lowest BCUT2D eigenvalue weighted by Crippen LogP contribution is -2.70. The molecule has 8 atom stereocenters. The van der Waals surface area contributed by atoms with Crippen molar-refractivity contribution in [3.8, 4) is 51.4 Å². The molecule has 2 unspecified atom stereocenters. The summed E-state index contributed by atoms with van der Waals surface area (Å²) in [7, 11) is 4.91. The van der Waals surface area contributed by atoms with Crippen LogP contribution in [0.3, 0.4) is 0 Å². The van der Waals surface area contributed by atoms with E-state index in [1.807, 2.05) is 56.1 Å². The summed E-state index contributed by atoms with van der Waals surface area (Å²) in [6.45, 7) is 8.53. The van der Waals surface area contributed by atoms with Gasteiger partial charge in [-0.05, 0) is 90.4 Å². The number of thioether (sulfide) groups is 2. The van der Waals surface area contributed by atoms with Crippen LogP contribution in [0.15, 0.2) is 79.4 Å². The maximum Gasteiger partial charge on any atom is 0.408 e. The topological polar surface area (TPSA) is 213 Å². The van der Waals surface area contributed by atoms with Gasteiger partial charge >= 0.3 is 24.0 Å². The number of carbonyl (C=O) groups is 4. The minimum atomic E-state index is -1.54. The molecule has 1 aliphatic carbocycles. The summed E-state index contributed by atoms with van der Waals surface area (Å²) in [5, 5.41) is 30.7. The second-order valence-electron chi connectivity index (χ2n) is 21.2. The number of phenols is 1. The first-order chi connectivity index (χ1) is 38.7. The molecule has 8 aliphatic rings. The molecule has 4 bridgehead atoms. The minimum absolute atomic E-state index is 0.00125. The molecule has 18 nitrogen and oxygen atoms in total. The molecule has 0 aromatic heterocycles. The van der Waals surface area contributed by atoms with Gasteiger partial charge in [0.15, 0.2) is 40.0 Å². The summed E-state index contributed by atoms with van der Waals surface area (Å²) >= 11 is 2.93. The normalized spacial score (nSPS) is 24.4. The van der Waals surface area contributed by atoms with E-state index in [-0.39, 0.29) is 60.4 Å². The molecule has 5 aromatic carbocycles. The fourth-order valence-electron chi connectivity index (χ4n) is 13.5. The second kappa shape index (κ2) is 21.2. The lowest BCUT2D eigenvalue weighted by atomic mass is 9.73. The number of esters is 3. The van der Waals surface area contributed by atoms with Crippen molar-refractivity contribution in [3.63, 3.8) is 0 Å². The predicted octanol–water partition coefficient (Wildman–Crippen LogP) is 7.44. The zero-order valence-electron chi connectivity index (χ0n) is 45.1. The first-order valence-corrected chi connectivity index (χ1v) is 28.9. The molecule has 0 saturated carbocycles. The van der Waals surface area contributed by atoms with Crippen molar-refractivity contribution in [2.75, 3.05) is 65.1 Å². The number of amides is 1. The van der Waals surface area contributed by atoms with Crippen molar-refractivity contribution in [3.05, 3.63) is 135 Å². The number of carbonyl (C=O) groups excluding carboxylic acids is 4. The molecule has 7 aliphatic heterocycles. The van der Waals surface area contributed by atoms with Gasteiger partial charge in [-0.25, -0.2) is 14.4 Å². The van der Waals surface area contributed by atoms with E-state index >= 15 is 4.79 Å². The second-order valence-corrected chi connectivity index (χ2v) is 23.4. The lowest BCUT2D eigenvalue weighted by molar-refractivity contribution is -0.186. The highest BCUT2D eigenvalue weighted by molar-refractivity contribution is 7.99. The fourth-order valence-corrected chi connectivity index (χ4v) is 16.3. The molecule has 5 aromatic rings. The number of hydrogen-bond donors (Lipinski definition) is 4. The van der Waals surface area contributed by atoms with Crippen LogP contribution in [0.2, 0.25) is 0 Å². The first kappa shape index (κ1) is 53.7. The van der Waals surface area contributed by atoms with Gasteiger partial charge in [0.2, 0.25) is 6.79 Å². The Bertz CT molecular complexity index is 3350. The summed E-state index contributed by atoms with van der Waals surface area (Å²) in [4.78, 5) is 60.3. The quantitative estimate of drug-likeness (QED) is 0.0543. The van der Waals surface area contributed by atoms with Gasteiger partial charge < -0.3 is 53.4 Å². The number of rotatable bonds is 12. The Balaban J connectivity index is 0.911. The molecule has 1 spiro atoms. The highest BCUT2D eigenvalue weighted by Gasteiger charge is 2.61. The van der Waals surface area contributed by atoms with Gasteiger partial charge in [-0.15, -0.1) is 11.8 Å². The third-order valence-corrected chi connectivity index (χ3v) is 19.5. The number of nitrogens with zero attached hydrogens (tertiary/aromatic N) is 2. The SMILES string of the molecule is C=CCOC(=O)NC(CSCC1c2ccccc2-c2ccccc21)C(=O)Oc1cc2c(cc1OC)[C@@]1(CS[C@@H]3c4c(OC(C)=O)c(C)c5c(c4[C@H](COC1=O)N1C3[C@H]3c4c(cc(C)c(OC)c4O)C[C@@H]([C@@H]1O)N3C)OCO5)NCC2. The van der Waals surface area contributed by atoms with Gasteiger partial charge in [-0.3, -0.25) is 19.9 Å². The Morgan fingerprint density at radius 3 is 2.40 bits per heavy atom. The van der Waals surface area contributed by atoms with E-state index in [0.29, 0.717) is 75.8 Å². The number of hydrogen-bond acceptors (Lipinski definition) is 19. The Morgan fingerprint density at radius 1 is 0.950 bits per heavy atom. The van der Waals surface area contributed by atoms with Crippen LogP contribution in [0.25, 0.3) is 11.1 Å². The third-order valence-electron chi connectivity index (χ3n) is 16.9. The molecule has 1 amide bonds. The van der Waals surface area contributed by atoms with Crippen LogP contribution in [0, 0.1) is 13.8 Å². The number of methoxy groups -OCH3 is 2.